The second-order valence-electron chi connectivity index (χ2n) is 18.4. The maximum atomic E-state index is 14.8. The Morgan fingerprint density at radius 2 is 1.57 bits per heavy atom. The number of fused-ring (bicyclic) bond motifs is 2. The van der Waals surface area contributed by atoms with Crippen LogP contribution in [0, 0.1) is 27.9 Å². The second-order valence-corrected chi connectivity index (χ2v) is 18.4. The van der Waals surface area contributed by atoms with Crippen molar-refractivity contribution >= 4 is 17.5 Å². The van der Waals surface area contributed by atoms with Gasteiger partial charge in [-0.2, -0.15) is 0 Å². The Hall–Kier alpha value is -4.80. The van der Waals surface area contributed by atoms with Crippen LogP contribution in [0.15, 0.2) is 84.6 Å². The molecule has 3 aliphatic rings. The average molecular weight is 962 g/mol. The summed E-state index contributed by atoms with van der Waals surface area (Å²) in [6.45, 7) is 11.0. The van der Waals surface area contributed by atoms with Crippen LogP contribution >= 0.6 is 0 Å². The monoisotopic (exact) mass is 962 g/mol. The number of non-ortho nitro benzene ring substituents is 1. The second kappa shape index (κ2) is 30.1. The summed E-state index contributed by atoms with van der Waals surface area (Å²) in [5.74, 6) is -1.12. The Balaban J connectivity index is 1.62. The number of amides is 1. The molecule has 0 spiro atoms. The van der Waals surface area contributed by atoms with Crippen LogP contribution in [0.5, 0.6) is 11.5 Å². The highest BCUT2D eigenvalue weighted by Crippen LogP contribution is 2.62. The molecule has 3 N–H and O–H groups in total. The molecule has 1 heterocycles. The number of allylic oxidation sites excluding steroid dienone is 1. The molecule has 0 saturated heterocycles. The summed E-state index contributed by atoms with van der Waals surface area (Å²) >= 11 is 0. The van der Waals surface area contributed by atoms with Crippen molar-refractivity contribution in [3.63, 3.8) is 0 Å². The van der Waals surface area contributed by atoms with Gasteiger partial charge in [0.15, 0.2) is 0 Å². The van der Waals surface area contributed by atoms with Crippen molar-refractivity contribution in [3.05, 3.63) is 101 Å². The number of aliphatic hydroxyl groups is 3. The number of unbranched alkanes of at least 4 members (excludes halogenated alkanes) is 11. The summed E-state index contributed by atoms with van der Waals surface area (Å²) in [6.07, 6.45) is 21.0. The van der Waals surface area contributed by atoms with E-state index >= 15 is 0 Å². The molecule has 15 nitrogen and oxygen atoms in total. The van der Waals surface area contributed by atoms with E-state index in [1.807, 2.05) is 18.2 Å². The van der Waals surface area contributed by atoms with Crippen LogP contribution in [0.3, 0.4) is 0 Å². The van der Waals surface area contributed by atoms with Gasteiger partial charge in [-0.1, -0.05) is 108 Å². The van der Waals surface area contributed by atoms with Crippen LogP contribution in [0.4, 0.5) is 10.5 Å². The number of carbonyl (C=O) groups is 1. The molecule has 6 atom stereocenters. The Labute approximate surface area is 409 Å². The molecule has 69 heavy (non-hydrogen) atoms. The lowest BCUT2D eigenvalue weighted by atomic mass is 9.55. The van der Waals surface area contributed by atoms with Gasteiger partial charge in [-0.15, -0.1) is 6.58 Å². The first-order valence-electron chi connectivity index (χ1n) is 25.6. The molecule has 382 valence electrons. The molecule has 0 radical (unpaired) electrons. The van der Waals surface area contributed by atoms with Crippen molar-refractivity contribution in [1.29, 1.82) is 0 Å². The summed E-state index contributed by atoms with van der Waals surface area (Å²) in [7, 11) is 0. The van der Waals surface area contributed by atoms with Gasteiger partial charge in [-0.3, -0.25) is 15.0 Å². The Morgan fingerprint density at radius 3 is 2.23 bits per heavy atom. The number of benzene rings is 2. The molecule has 1 amide bonds. The zero-order valence-corrected chi connectivity index (χ0v) is 41.0. The molecule has 0 bridgehead atoms. The van der Waals surface area contributed by atoms with E-state index in [1.165, 1.54) is 50.7 Å². The van der Waals surface area contributed by atoms with E-state index < -0.39 is 28.8 Å². The predicted molar refractivity (Wildman–Crippen MR) is 266 cm³/mol. The van der Waals surface area contributed by atoms with Crippen LogP contribution in [0.2, 0.25) is 0 Å². The van der Waals surface area contributed by atoms with Crippen LogP contribution in [-0.4, -0.2) is 108 Å². The van der Waals surface area contributed by atoms with Crippen molar-refractivity contribution in [2.75, 3.05) is 59.4 Å². The quantitative estimate of drug-likeness (QED) is 0.0257. The third kappa shape index (κ3) is 15.6. The highest BCUT2D eigenvalue weighted by molar-refractivity contribution is 6.03. The summed E-state index contributed by atoms with van der Waals surface area (Å²) < 4.78 is 32.5. The number of hydrogen-bond acceptors (Lipinski definition) is 13. The number of nitro groups is 1. The van der Waals surface area contributed by atoms with Gasteiger partial charge in [-0.05, 0) is 85.4 Å². The first-order valence-corrected chi connectivity index (χ1v) is 25.6. The third-order valence-electron chi connectivity index (χ3n) is 13.6. The maximum absolute atomic E-state index is 14.8. The number of nitro benzene ring substituents is 1. The summed E-state index contributed by atoms with van der Waals surface area (Å²) in [6, 6.07) is 11.1. The predicted octanol–water partition coefficient (Wildman–Crippen LogP) is 10.4. The molecule has 5 rings (SSSR count). The molecule has 2 aromatic rings. The van der Waals surface area contributed by atoms with E-state index in [4.69, 9.17) is 33.7 Å². The maximum Gasteiger partial charge on any atom is 0.410 e. The molecule has 15 heteroatoms. The standard InChI is InChI=1S/C54H79N3O12/c1-4-7-8-9-10-11-12-13-14-19-34-66-53(61)56(28-35-64-36-31-60)50-39-48(55-68-40-41-22-24-43(25-23-41)57(62)63)46-37-42(20-15-17-29-58)45(21-16-18-30-59)51-47-38-44(65-32-5-2)26-27-49(47)69-54(50,52(46)51)67-33-6-3/h5-6,22-27,37-38,42,45,50-52,58-60H,2-4,7-21,28-36,39-40H2,1H3/t42-,45+,50-,51+,52+,54+/m0/s1. The first kappa shape index (κ1) is 55.1. The van der Waals surface area contributed by atoms with E-state index in [0.29, 0.717) is 48.6 Å². The highest BCUT2D eigenvalue weighted by Gasteiger charge is 2.65. The van der Waals surface area contributed by atoms with Gasteiger partial charge in [-0.25, -0.2) is 4.79 Å². The van der Waals surface area contributed by atoms with E-state index in [9.17, 15) is 30.2 Å². The van der Waals surface area contributed by atoms with Gasteiger partial charge in [0.05, 0.1) is 49.6 Å². The Bertz CT molecular complexity index is 1940. The Morgan fingerprint density at radius 1 is 0.870 bits per heavy atom. The number of hydrogen-bond donors (Lipinski definition) is 3. The molecular weight excluding hydrogens is 883 g/mol. The molecular formula is C54H79N3O12. The van der Waals surface area contributed by atoms with Gasteiger partial charge < -0.3 is 43.8 Å². The zero-order chi connectivity index (χ0) is 49.3. The number of aliphatic hydroxyl groups excluding tert-OH is 3. The number of carbonyl (C=O) groups excluding carboxylic acids is 1. The van der Waals surface area contributed by atoms with E-state index in [-0.39, 0.29) is 89.3 Å². The average Bonchev–Trinajstić information content (AvgIpc) is 3.35. The lowest BCUT2D eigenvalue weighted by Crippen LogP contribution is -2.70. The van der Waals surface area contributed by atoms with Crippen molar-refractivity contribution in [2.45, 2.75) is 140 Å². The summed E-state index contributed by atoms with van der Waals surface area (Å²) in [5, 5.41) is 45.8. The molecule has 1 fully saturated rings. The number of ether oxygens (including phenoxy) is 5. The van der Waals surface area contributed by atoms with Crippen LogP contribution < -0.4 is 9.47 Å². The smallest absolute Gasteiger partial charge is 0.410 e. The van der Waals surface area contributed by atoms with Crippen LogP contribution in [-0.2, 0) is 25.7 Å². The molecule has 2 aliphatic carbocycles. The molecule has 1 saturated carbocycles. The normalized spacial score (nSPS) is 21.9. The fraction of sp³-hybridized carbons (Fsp3) is 0.630. The van der Waals surface area contributed by atoms with Crippen molar-refractivity contribution in [1.82, 2.24) is 4.90 Å². The van der Waals surface area contributed by atoms with E-state index in [1.54, 1.807) is 29.2 Å². The van der Waals surface area contributed by atoms with Crippen LogP contribution in [0.25, 0.3) is 0 Å². The molecule has 1 aliphatic heterocycles. The van der Waals surface area contributed by atoms with Crippen molar-refractivity contribution in [2.24, 2.45) is 22.9 Å². The van der Waals surface area contributed by atoms with Gasteiger partial charge in [0.2, 0.25) is 5.79 Å². The highest BCUT2D eigenvalue weighted by atomic mass is 16.7. The van der Waals surface area contributed by atoms with Crippen molar-refractivity contribution in [3.8, 4) is 11.5 Å². The fourth-order valence-electron chi connectivity index (χ4n) is 10.3. The SMILES string of the molecule is C=CCOc1ccc2c(c1)[C@H]1[C@H](CCCCO)[C@@H](CCCCO)C=C3C(=NOCc4ccc([N+](=O)[O-])cc4)C[C@H](N(CCOCCO)C(=O)OCCCCCCCCCCCC)[C@@](OCC=C)(O2)[C@H]31. The molecule has 0 unspecified atom stereocenters. The minimum Gasteiger partial charge on any atom is -0.490 e. The molecule has 0 aromatic heterocycles. The van der Waals surface area contributed by atoms with E-state index in [0.717, 1.165) is 56.1 Å². The summed E-state index contributed by atoms with van der Waals surface area (Å²) in [4.78, 5) is 33.5. The summed E-state index contributed by atoms with van der Waals surface area (Å²) in [5.41, 5.74) is 3.01. The minimum atomic E-state index is -1.52. The molecule has 2 aromatic carbocycles. The minimum absolute atomic E-state index is 0.00124. The number of rotatable bonds is 35. The lowest BCUT2D eigenvalue weighted by molar-refractivity contribution is -0.384. The topological polar surface area (TPSA) is 192 Å². The third-order valence-corrected chi connectivity index (χ3v) is 13.6. The largest absolute Gasteiger partial charge is 0.490 e. The fourth-order valence-corrected chi connectivity index (χ4v) is 10.3. The zero-order valence-electron chi connectivity index (χ0n) is 41.0. The van der Waals surface area contributed by atoms with Gasteiger partial charge in [0.25, 0.3) is 5.69 Å². The first-order chi connectivity index (χ1) is 33.8. The number of oxime groups is 1. The van der Waals surface area contributed by atoms with E-state index in [2.05, 4.69) is 26.2 Å². The lowest BCUT2D eigenvalue weighted by Gasteiger charge is -2.59. The number of nitrogens with zero attached hydrogens (tertiary/aromatic N) is 3. The van der Waals surface area contributed by atoms with Crippen LogP contribution in [0.1, 0.15) is 133 Å². The van der Waals surface area contributed by atoms with Gasteiger partial charge in [0, 0.05) is 49.8 Å². The Kier molecular flexibility index (Phi) is 24.0. The van der Waals surface area contributed by atoms with Gasteiger partial charge >= 0.3 is 6.09 Å². The van der Waals surface area contributed by atoms with Crippen molar-refractivity contribution < 1.29 is 53.6 Å². The van der Waals surface area contributed by atoms with Gasteiger partial charge in [0.1, 0.15) is 30.8 Å².